The quantitative estimate of drug-likeness (QED) is 0.485. The average molecular weight is 477 g/mol. The van der Waals surface area contributed by atoms with Gasteiger partial charge in [0.25, 0.3) is 0 Å². The maximum absolute atomic E-state index is 13.0. The minimum atomic E-state index is -3.92. The number of carboxylic acid groups (broad SMARTS) is 2. The smallest absolute Gasteiger partial charge is 0.416 e. The molecule has 4 rings (SSSR count). The first-order valence-electron chi connectivity index (χ1n) is 10.1. The summed E-state index contributed by atoms with van der Waals surface area (Å²) in [6, 6.07) is 9.88. The Bertz CT molecular complexity index is 1330. The molecule has 1 saturated carbocycles. The highest BCUT2D eigenvalue weighted by molar-refractivity contribution is 7.89. The van der Waals surface area contributed by atoms with Crippen LogP contribution in [0.25, 0.3) is 22.2 Å². The minimum Gasteiger partial charge on any atom is -0.478 e. The number of hydrogen-bond acceptors (Lipinski definition) is 4. The summed E-state index contributed by atoms with van der Waals surface area (Å²) in [4.78, 5) is 23.2. The third kappa shape index (κ3) is 4.23. The molecule has 1 aliphatic carbocycles. The van der Waals surface area contributed by atoms with E-state index in [9.17, 15) is 28.2 Å². The molecule has 168 valence electrons. The van der Waals surface area contributed by atoms with Gasteiger partial charge in [-0.15, -0.1) is 0 Å². The highest BCUT2D eigenvalue weighted by atomic mass is 35.5. The lowest BCUT2D eigenvalue weighted by atomic mass is 9.96. The molecule has 1 aromatic heterocycles. The van der Waals surface area contributed by atoms with Gasteiger partial charge in [-0.2, -0.15) is 0 Å². The molecule has 1 fully saturated rings. The van der Waals surface area contributed by atoms with Gasteiger partial charge in [0, 0.05) is 17.0 Å². The van der Waals surface area contributed by atoms with Gasteiger partial charge in [0.1, 0.15) is 4.90 Å². The average Bonchev–Trinajstić information content (AvgIpc) is 3.13. The van der Waals surface area contributed by atoms with Crippen LogP contribution in [0.5, 0.6) is 0 Å². The van der Waals surface area contributed by atoms with Crippen LogP contribution in [0.2, 0.25) is 5.02 Å². The van der Waals surface area contributed by atoms with E-state index < -0.39 is 22.1 Å². The lowest BCUT2D eigenvalue weighted by Gasteiger charge is -2.23. The topological polar surface area (TPSA) is 126 Å². The van der Waals surface area contributed by atoms with Crippen LogP contribution in [0, 0.1) is 0 Å². The van der Waals surface area contributed by atoms with Gasteiger partial charge in [-0.3, -0.25) is 0 Å². The molecule has 32 heavy (non-hydrogen) atoms. The van der Waals surface area contributed by atoms with Gasteiger partial charge in [-0.1, -0.05) is 43.0 Å². The second-order valence-corrected chi connectivity index (χ2v) is 9.92. The van der Waals surface area contributed by atoms with Crippen LogP contribution in [0.1, 0.15) is 42.5 Å². The number of fused-ring (bicyclic) bond motifs is 1. The van der Waals surface area contributed by atoms with Crippen LogP contribution >= 0.6 is 11.6 Å². The van der Waals surface area contributed by atoms with E-state index in [1.165, 1.54) is 36.4 Å². The summed E-state index contributed by atoms with van der Waals surface area (Å²) in [6.07, 6.45) is 3.19. The van der Waals surface area contributed by atoms with Crippen molar-refractivity contribution in [2.24, 2.45) is 0 Å². The molecule has 3 N–H and O–H groups in total. The highest BCUT2D eigenvalue weighted by Gasteiger charge is 2.25. The Hall–Kier alpha value is -2.88. The molecule has 0 unspecified atom stereocenters. The number of aromatic nitrogens is 1. The number of halogens is 1. The number of hydrogen-bond donors (Lipinski definition) is 3. The van der Waals surface area contributed by atoms with E-state index in [4.69, 9.17) is 11.6 Å². The molecule has 1 aliphatic rings. The van der Waals surface area contributed by atoms with Crippen molar-refractivity contribution in [3.05, 3.63) is 53.1 Å². The van der Waals surface area contributed by atoms with Crippen molar-refractivity contribution in [3.8, 4) is 11.3 Å². The van der Waals surface area contributed by atoms with Gasteiger partial charge in [0.2, 0.25) is 10.0 Å². The number of aromatic carboxylic acids is 1. The molecule has 0 atom stereocenters. The van der Waals surface area contributed by atoms with Crippen molar-refractivity contribution in [2.45, 2.75) is 43.0 Å². The van der Waals surface area contributed by atoms with E-state index in [1.807, 2.05) is 0 Å². The normalized spacial score (nSPS) is 15.2. The molecular weight excluding hydrogens is 456 g/mol. The molecule has 3 aromatic rings. The second-order valence-electron chi connectivity index (χ2n) is 7.83. The van der Waals surface area contributed by atoms with Gasteiger partial charge in [-0.05, 0) is 43.2 Å². The standard InChI is InChI=1S/C22H21ClN2O6S/c23-17-9-8-14(12-20(17)32(30,31)24-16-4-2-1-3-5-16)18-10-13-6-7-15(21(26)27)11-19(13)25(18)22(28)29/h6-12,16,24H,1-5H2,(H,26,27)(H,28,29). The molecular formula is C22H21ClN2O6S. The van der Waals surface area contributed by atoms with Crippen molar-refractivity contribution in [1.82, 2.24) is 9.29 Å². The maximum atomic E-state index is 13.0. The third-order valence-corrected chi connectivity index (χ3v) is 7.69. The van der Waals surface area contributed by atoms with Crippen LogP contribution < -0.4 is 4.72 Å². The zero-order valence-electron chi connectivity index (χ0n) is 16.9. The molecule has 0 aliphatic heterocycles. The van der Waals surface area contributed by atoms with Crippen molar-refractivity contribution < 1.29 is 28.2 Å². The Morgan fingerprint density at radius 3 is 2.38 bits per heavy atom. The van der Waals surface area contributed by atoms with Crippen molar-refractivity contribution in [3.63, 3.8) is 0 Å². The Morgan fingerprint density at radius 2 is 1.72 bits per heavy atom. The molecule has 2 aromatic carbocycles. The number of rotatable bonds is 5. The van der Waals surface area contributed by atoms with E-state index in [0.29, 0.717) is 10.9 Å². The van der Waals surface area contributed by atoms with E-state index in [-0.39, 0.29) is 32.7 Å². The Kier molecular flexibility index (Phi) is 5.98. The molecule has 0 spiro atoms. The van der Waals surface area contributed by atoms with E-state index in [2.05, 4.69) is 4.72 Å². The van der Waals surface area contributed by atoms with E-state index in [1.54, 1.807) is 6.07 Å². The van der Waals surface area contributed by atoms with Crippen LogP contribution in [-0.4, -0.2) is 41.3 Å². The fourth-order valence-corrected chi connectivity index (χ4v) is 5.96. The summed E-state index contributed by atoms with van der Waals surface area (Å²) in [5, 5.41) is 19.6. The summed E-state index contributed by atoms with van der Waals surface area (Å²) in [5.74, 6) is -1.18. The molecule has 0 amide bonds. The third-order valence-electron chi connectivity index (χ3n) is 5.69. The van der Waals surface area contributed by atoms with Crippen LogP contribution in [-0.2, 0) is 10.0 Å². The fourth-order valence-electron chi connectivity index (χ4n) is 4.12. The lowest BCUT2D eigenvalue weighted by Crippen LogP contribution is -2.36. The Labute approximate surface area is 189 Å². The zero-order valence-corrected chi connectivity index (χ0v) is 18.5. The van der Waals surface area contributed by atoms with Gasteiger partial charge >= 0.3 is 12.1 Å². The summed E-state index contributed by atoms with van der Waals surface area (Å²) >= 11 is 6.21. The predicted molar refractivity (Wildman–Crippen MR) is 120 cm³/mol. The molecule has 10 heteroatoms. The van der Waals surface area contributed by atoms with Crippen LogP contribution in [0.4, 0.5) is 4.79 Å². The first kappa shape index (κ1) is 22.3. The molecule has 1 heterocycles. The maximum Gasteiger partial charge on any atom is 0.416 e. The fraction of sp³-hybridized carbons (Fsp3) is 0.273. The molecule has 0 bridgehead atoms. The van der Waals surface area contributed by atoms with Crippen molar-refractivity contribution in [2.75, 3.05) is 0 Å². The highest BCUT2D eigenvalue weighted by Crippen LogP contribution is 2.33. The van der Waals surface area contributed by atoms with Crippen LogP contribution in [0.3, 0.4) is 0 Å². The Balaban J connectivity index is 1.81. The van der Waals surface area contributed by atoms with Gasteiger partial charge in [0.05, 0.1) is 21.8 Å². The molecule has 8 nitrogen and oxygen atoms in total. The summed E-state index contributed by atoms with van der Waals surface area (Å²) in [5.41, 5.74) is 0.669. The summed E-state index contributed by atoms with van der Waals surface area (Å²) in [6.45, 7) is 0. The lowest BCUT2D eigenvalue weighted by molar-refractivity contribution is 0.0697. The second kappa shape index (κ2) is 8.57. The number of nitrogens with zero attached hydrogens (tertiary/aromatic N) is 1. The number of nitrogens with one attached hydrogen (secondary N) is 1. The first-order valence-corrected chi connectivity index (χ1v) is 12.0. The predicted octanol–water partition coefficient (Wildman–Crippen LogP) is 4.80. The van der Waals surface area contributed by atoms with Gasteiger partial charge < -0.3 is 10.2 Å². The molecule has 0 saturated heterocycles. The number of carbonyl (C=O) groups is 2. The summed E-state index contributed by atoms with van der Waals surface area (Å²) in [7, 11) is -3.92. The van der Waals surface area contributed by atoms with Crippen LogP contribution in [0.15, 0.2) is 47.4 Å². The van der Waals surface area contributed by atoms with Gasteiger partial charge in [-0.25, -0.2) is 27.3 Å². The monoisotopic (exact) mass is 476 g/mol. The largest absolute Gasteiger partial charge is 0.478 e. The van der Waals surface area contributed by atoms with Crippen molar-refractivity contribution >= 4 is 44.6 Å². The number of benzene rings is 2. The number of carboxylic acids is 1. The minimum absolute atomic E-state index is 0.0307. The zero-order chi connectivity index (χ0) is 23.0. The Morgan fingerprint density at radius 1 is 1.00 bits per heavy atom. The number of sulfonamides is 1. The van der Waals surface area contributed by atoms with E-state index in [0.717, 1.165) is 36.7 Å². The summed E-state index contributed by atoms with van der Waals surface area (Å²) < 4.78 is 29.7. The first-order chi connectivity index (χ1) is 15.2. The van der Waals surface area contributed by atoms with E-state index >= 15 is 0 Å². The SMILES string of the molecule is O=C(O)c1ccc2cc(-c3ccc(Cl)c(S(=O)(=O)NC4CCCCC4)c3)n(C(=O)O)c2c1. The van der Waals surface area contributed by atoms with Crippen molar-refractivity contribution in [1.29, 1.82) is 0 Å². The molecule has 0 radical (unpaired) electrons. The van der Waals surface area contributed by atoms with Gasteiger partial charge in [0.15, 0.2) is 0 Å².